The second kappa shape index (κ2) is 12.2. The molecule has 0 aromatic carbocycles. The lowest BCUT2D eigenvalue weighted by molar-refractivity contribution is -0.250. The standard InChI is InChI=1S/C28H34N4O9/c1-5-40-20(33)15-32-21(18-11-7-9-13-29-18)27(24(35)38-3)16-31(26(37)41-6-2)17-28(23(27)34,25(36)39-4)22(32)19-12-8-10-14-30-19/h7-14,21-23,34H,5-6,15-17H2,1-4H3. The quantitative estimate of drug-likeness (QED) is 0.359. The predicted molar refractivity (Wildman–Crippen MR) is 141 cm³/mol. The SMILES string of the molecule is CCOC(=O)CN1C(c2ccccn2)C2(C(=O)OC)CN(C(=O)OCC)CC(C(=O)OC)(C1c1ccccn1)C2O. The zero-order chi connectivity index (χ0) is 29.8. The van der Waals surface area contributed by atoms with E-state index in [1.54, 1.807) is 55.1 Å². The Morgan fingerprint density at radius 2 is 1.34 bits per heavy atom. The number of carbonyl (C=O) groups excluding carboxylic acids is 4. The van der Waals surface area contributed by atoms with Gasteiger partial charge in [-0.25, -0.2) is 4.79 Å². The molecule has 0 saturated carbocycles. The van der Waals surface area contributed by atoms with Crippen LogP contribution in [0.1, 0.15) is 37.3 Å². The van der Waals surface area contributed by atoms with Gasteiger partial charge < -0.3 is 29.0 Å². The first-order chi connectivity index (χ1) is 19.7. The lowest BCUT2D eigenvalue weighted by Gasteiger charge is -2.64. The van der Waals surface area contributed by atoms with Crippen molar-refractivity contribution in [2.24, 2.45) is 10.8 Å². The Morgan fingerprint density at radius 1 is 0.854 bits per heavy atom. The van der Waals surface area contributed by atoms with E-state index in [-0.39, 0.29) is 24.6 Å². The van der Waals surface area contributed by atoms with Crippen molar-refractivity contribution in [3.05, 3.63) is 60.2 Å². The number of ether oxygens (including phenoxy) is 4. The Bertz CT molecular complexity index is 1190. The number of piperidine rings is 2. The highest BCUT2D eigenvalue weighted by atomic mass is 16.6. The average molecular weight is 571 g/mol. The van der Waals surface area contributed by atoms with E-state index >= 15 is 0 Å². The molecule has 13 nitrogen and oxygen atoms in total. The maximum Gasteiger partial charge on any atom is 0.409 e. The zero-order valence-corrected chi connectivity index (χ0v) is 23.4. The van der Waals surface area contributed by atoms with E-state index in [0.717, 1.165) is 14.2 Å². The van der Waals surface area contributed by atoms with Crippen molar-refractivity contribution in [2.75, 3.05) is 47.1 Å². The molecule has 220 valence electrons. The van der Waals surface area contributed by atoms with E-state index in [1.165, 1.54) is 17.3 Å². The van der Waals surface area contributed by atoms with Crippen molar-refractivity contribution in [2.45, 2.75) is 32.0 Å². The molecule has 2 saturated heterocycles. The summed E-state index contributed by atoms with van der Waals surface area (Å²) in [5.41, 5.74) is -3.49. The number of carbonyl (C=O) groups is 4. The molecular formula is C28H34N4O9. The molecule has 0 aliphatic carbocycles. The molecule has 4 atom stereocenters. The number of hydrogen-bond acceptors (Lipinski definition) is 12. The Labute approximate surface area is 237 Å². The lowest BCUT2D eigenvalue weighted by atomic mass is 9.53. The highest BCUT2D eigenvalue weighted by Crippen LogP contribution is 2.62. The van der Waals surface area contributed by atoms with Gasteiger partial charge in [-0.15, -0.1) is 0 Å². The molecule has 4 heterocycles. The summed E-state index contributed by atoms with van der Waals surface area (Å²) in [6, 6.07) is 7.58. The van der Waals surface area contributed by atoms with Crippen molar-refractivity contribution < 1.29 is 43.2 Å². The summed E-state index contributed by atoms with van der Waals surface area (Å²) in [5.74, 6) is -2.49. The number of fused-ring (bicyclic) bond motifs is 2. The van der Waals surface area contributed by atoms with E-state index in [4.69, 9.17) is 18.9 Å². The molecule has 2 aliphatic heterocycles. The maximum absolute atomic E-state index is 14.0. The van der Waals surface area contributed by atoms with Gasteiger partial charge in [-0.2, -0.15) is 0 Å². The number of amides is 1. The number of methoxy groups -OCH3 is 2. The molecule has 13 heteroatoms. The fraction of sp³-hybridized carbons (Fsp3) is 0.500. The van der Waals surface area contributed by atoms with Crippen LogP contribution in [-0.2, 0) is 33.3 Å². The van der Waals surface area contributed by atoms with E-state index in [9.17, 15) is 24.3 Å². The van der Waals surface area contributed by atoms with E-state index in [1.807, 2.05) is 0 Å². The largest absolute Gasteiger partial charge is 0.468 e. The molecule has 0 radical (unpaired) electrons. The third-order valence-electron chi connectivity index (χ3n) is 7.73. The molecule has 4 rings (SSSR count). The molecule has 41 heavy (non-hydrogen) atoms. The summed E-state index contributed by atoms with van der Waals surface area (Å²) in [7, 11) is 2.28. The fourth-order valence-electron chi connectivity index (χ4n) is 6.31. The summed E-state index contributed by atoms with van der Waals surface area (Å²) in [4.78, 5) is 66.1. The molecule has 2 bridgehead atoms. The first kappa shape index (κ1) is 29.9. The number of esters is 3. The monoisotopic (exact) mass is 570 g/mol. The highest BCUT2D eigenvalue weighted by molar-refractivity contribution is 5.88. The van der Waals surface area contributed by atoms with Gasteiger partial charge in [0.2, 0.25) is 0 Å². The number of hydrogen-bond donors (Lipinski definition) is 1. The number of pyridine rings is 2. The third-order valence-corrected chi connectivity index (χ3v) is 7.73. The van der Waals surface area contributed by atoms with Crippen LogP contribution in [0.2, 0.25) is 0 Å². The predicted octanol–water partition coefficient (Wildman–Crippen LogP) is 1.29. The van der Waals surface area contributed by atoms with Crippen LogP contribution < -0.4 is 0 Å². The number of aliphatic hydroxyl groups excluding tert-OH is 1. The highest BCUT2D eigenvalue weighted by Gasteiger charge is 2.76. The number of nitrogens with zero attached hydrogens (tertiary/aromatic N) is 4. The minimum Gasteiger partial charge on any atom is -0.468 e. The van der Waals surface area contributed by atoms with E-state index in [0.29, 0.717) is 0 Å². The number of rotatable bonds is 8. The van der Waals surface area contributed by atoms with E-state index in [2.05, 4.69) is 9.97 Å². The Kier molecular flexibility index (Phi) is 8.88. The first-order valence-electron chi connectivity index (χ1n) is 13.2. The minimum absolute atomic E-state index is 0.0245. The van der Waals surface area contributed by atoms with Crippen molar-refractivity contribution in [3.63, 3.8) is 0 Å². The Morgan fingerprint density at radius 3 is 1.73 bits per heavy atom. The second-order valence-corrected chi connectivity index (χ2v) is 9.81. The molecule has 0 spiro atoms. The van der Waals surface area contributed by atoms with Gasteiger partial charge in [-0.05, 0) is 38.1 Å². The number of aliphatic hydroxyl groups is 1. The van der Waals surface area contributed by atoms with Gasteiger partial charge in [0.15, 0.2) is 0 Å². The Balaban J connectivity index is 2.13. The molecule has 2 aromatic rings. The zero-order valence-electron chi connectivity index (χ0n) is 23.4. The smallest absolute Gasteiger partial charge is 0.409 e. The molecule has 1 amide bonds. The van der Waals surface area contributed by atoms with Crippen LogP contribution in [0.4, 0.5) is 4.79 Å². The first-order valence-corrected chi connectivity index (χ1v) is 13.2. The summed E-state index contributed by atoms with van der Waals surface area (Å²) < 4.78 is 21.1. The van der Waals surface area contributed by atoms with Crippen molar-refractivity contribution in [1.82, 2.24) is 19.8 Å². The molecular weight excluding hydrogens is 536 g/mol. The lowest BCUT2D eigenvalue weighted by Crippen LogP contribution is -2.78. The number of likely N-dealkylation sites (tertiary alicyclic amines) is 2. The van der Waals surface area contributed by atoms with Crippen LogP contribution >= 0.6 is 0 Å². The molecule has 1 N–H and O–H groups in total. The van der Waals surface area contributed by atoms with Gasteiger partial charge in [0.25, 0.3) is 0 Å². The van der Waals surface area contributed by atoms with Crippen molar-refractivity contribution in [3.8, 4) is 0 Å². The minimum atomic E-state index is -2.03. The van der Waals surface area contributed by atoms with Gasteiger partial charge in [-0.1, -0.05) is 12.1 Å². The molecule has 2 fully saturated rings. The second-order valence-electron chi connectivity index (χ2n) is 9.81. The van der Waals surface area contributed by atoms with Gasteiger partial charge in [0.1, 0.15) is 10.8 Å². The van der Waals surface area contributed by atoms with Crippen LogP contribution in [0.5, 0.6) is 0 Å². The van der Waals surface area contributed by atoms with E-state index < -0.39 is 72.7 Å². The average Bonchev–Trinajstić information content (AvgIpc) is 2.98. The van der Waals surface area contributed by atoms with Gasteiger partial charge in [0.05, 0.1) is 63.6 Å². The molecule has 2 aromatic heterocycles. The Hall–Kier alpha value is -4.10. The van der Waals surface area contributed by atoms with Crippen LogP contribution in [0, 0.1) is 10.8 Å². The summed E-state index contributed by atoms with van der Waals surface area (Å²) >= 11 is 0. The van der Waals surface area contributed by atoms with Gasteiger partial charge in [0, 0.05) is 25.5 Å². The normalized spacial score (nSPS) is 27.4. The van der Waals surface area contributed by atoms with Crippen molar-refractivity contribution >= 4 is 24.0 Å². The summed E-state index contributed by atoms with van der Waals surface area (Å²) in [6.07, 6.45) is 0.412. The topological polar surface area (TPSA) is 158 Å². The van der Waals surface area contributed by atoms with Gasteiger partial charge >= 0.3 is 24.0 Å². The van der Waals surface area contributed by atoms with Crippen LogP contribution in [-0.4, -0.2) is 102 Å². The fourth-order valence-corrected chi connectivity index (χ4v) is 6.31. The third kappa shape index (κ3) is 4.88. The van der Waals surface area contributed by atoms with Gasteiger partial charge in [-0.3, -0.25) is 29.3 Å². The number of aromatic nitrogens is 2. The van der Waals surface area contributed by atoms with Crippen LogP contribution in [0.15, 0.2) is 48.8 Å². The van der Waals surface area contributed by atoms with Crippen LogP contribution in [0.3, 0.4) is 0 Å². The summed E-state index contributed by atoms with van der Waals surface area (Å²) in [5, 5.41) is 12.4. The molecule has 2 aliphatic rings. The van der Waals surface area contributed by atoms with Crippen molar-refractivity contribution in [1.29, 1.82) is 0 Å². The van der Waals surface area contributed by atoms with Crippen LogP contribution in [0.25, 0.3) is 0 Å². The summed E-state index contributed by atoms with van der Waals surface area (Å²) in [6.45, 7) is 2.15. The maximum atomic E-state index is 14.0. The molecule has 4 unspecified atom stereocenters.